The van der Waals surface area contributed by atoms with Crippen LogP contribution in [0.2, 0.25) is 0 Å². The molecule has 0 aliphatic carbocycles. The van der Waals surface area contributed by atoms with Crippen LogP contribution in [0.25, 0.3) is 5.52 Å². The molecule has 2 aromatic heterocycles. The first-order valence-electron chi connectivity index (χ1n) is 8.19. The number of carbonyl (C=O) groups is 1. The Kier molecular flexibility index (Phi) is 4.73. The number of piperazine rings is 1. The second-order valence-electron chi connectivity index (χ2n) is 5.97. The van der Waals surface area contributed by atoms with Crippen molar-refractivity contribution in [2.75, 3.05) is 26.2 Å². The van der Waals surface area contributed by atoms with Crippen molar-refractivity contribution in [2.24, 2.45) is 0 Å². The molecule has 22 heavy (non-hydrogen) atoms. The summed E-state index contributed by atoms with van der Waals surface area (Å²) in [7, 11) is 0. The third-order valence-electron chi connectivity index (χ3n) is 4.28. The van der Waals surface area contributed by atoms with Crippen LogP contribution in [0, 0.1) is 0 Å². The van der Waals surface area contributed by atoms with Crippen molar-refractivity contribution in [3.63, 3.8) is 0 Å². The van der Waals surface area contributed by atoms with Crippen LogP contribution >= 0.6 is 0 Å². The maximum absolute atomic E-state index is 12.0. The lowest BCUT2D eigenvalue weighted by molar-refractivity contribution is -0.133. The number of rotatable bonds is 5. The minimum absolute atomic E-state index is 0.314. The summed E-state index contributed by atoms with van der Waals surface area (Å²) in [6.07, 6.45) is 4.76. The molecule has 1 aliphatic rings. The van der Waals surface area contributed by atoms with Gasteiger partial charge in [0.25, 0.3) is 0 Å². The Hall–Kier alpha value is -1.88. The highest BCUT2D eigenvalue weighted by molar-refractivity contribution is 5.76. The van der Waals surface area contributed by atoms with E-state index in [1.54, 1.807) is 0 Å². The molecule has 0 N–H and O–H groups in total. The fourth-order valence-corrected chi connectivity index (χ4v) is 2.94. The Balaban J connectivity index is 1.52. The molecule has 0 radical (unpaired) electrons. The lowest BCUT2D eigenvalue weighted by Gasteiger charge is -2.34. The van der Waals surface area contributed by atoms with Gasteiger partial charge in [-0.2, -0.15) is 5.10 Å². The monoisotopic (exact) mass is 300 g/mol. The summed E-state index contributed by atoms with van der Waals surface area (Å²) in [6.45, 7) is 6.54. The van der Waals surface area contributed by atoms with Crippen molar-refractivity contribution >= 4 is 11.4 Å². The van der Waals surface area contributed by atoms with Gasteiger partial charge in [-0.1, -0.05) is 19.4 Å². The molecule has 0 spiro atoms. The Morgan fingerprint density at radius 2 is 2.05 bits per heavy atom. The van der Waals surface area contributed by atoms with Gasteiger partial charge in [-0.15, -0.1) is 0 Å². The maximum Gasteiger partial charge on any atom is 0.222 e. The molecule has 0 atom stereocenters. The van der Waals surface area contributed by atoms with E-state index in [0.717, 1.165) is 56.8 Å². The highest BCUT2D eigenvalue weighted by Crippen LogP contribution is 2.11. The zero-order valence-electron chi connectivity index (χ0n) is 13.2. The molecule has 0 bridgehead atoms. The van der Waals surface area contributed by atoms with E-state index in [2.05, 4.69) is 29.1 Å². The fraction of sp³-hybridized carbons (Fsp3) is 0.529. The van der Waals surface area contributed by atoms with E-state index in [-0.39, 0.29) is 0 Å². The largest absolute Gasteiger partial charge is 0.340 e. The number of carbonyl (C=O) groups excluding carboxylic acids is 1. The fourth-order valence-electron chi connectivity index (χ4n) is 2.94. The van der Waals surface area contributed by atoms with E-state index in [0.29, 0.717) is 12.3 Å². The average Bonchev–Trinajstić information content (AvgIpc) is 2.95. The Labute approximate surface area is 131 Å². The Bertz CT molecular complexity index is 595. The van der Waals surface area contributed by atoms with Gasteiger partial charge >= 0.3 is 0 Å². The molecule has 0 saturated carbocycles. The summed E-state index contributed by atoms with van der Waals surface area (Å²) in [5, 5.41) is 4.60. The number of amides is 1. The molecule has 3 heterocycles. The molecule has 1 fully saturated rings. The lowest BCUT2D eigenvalue weighted by Crippen LogP contribution is -2.48. The van der Waals surface area contributed by atoms with Crippen LogP contribution in [0.5, 0.6) is 0 Å². The zero-order valence-corrected chi connectivity index (χ0v) is 13.2. The number of aromatic nitrogens is 2. The maximum atomic E-state index is 12.0. The van der Waals surface area contributed by atoms with Crippen LogP contribution in [0.15, 0.2) is 30.5 Å². The second-order valence-corrected chi connectivity index (χ2v) is 5.97. The van der Waals surface area contributed by atoms with Gasteiger partial charge in [0, 0.05) is 45.3 Å². The number of fused-ring (bicyclic) bond motifs is 1. The van der Waals surface area contributed by atoms with Crippen molar-refractivity contribution in [3.05, 3.63) is 36.2 Å². The second kappa shape index (κ2) is 6.92. The molecular weight excluding hydrogens is 276 g/mol. The predicted octanol–water partition coefficient (Wildman–Crippen LogP) is 2.17. The molecule has 0 aromatic carbocycles. The minimum Gasteiger partial charge on any atom is -0.340 e. The topological polar surface area (TPSA) is 40.9 Å². The first kappa shape index (κ1) is 15.0. The van der Waals surface area contributed by atoms with Crippen LogP contribution in [-0.2, 0) is 11.3 Å². The zero-order chi connectivity index (χ0) is 15.4. The van der Waals surface area contributed by atoms with E-state index in [4.69, 9.17) is 0 Å². The van der Waals surface area contributed by atoms with Crippen molar-refractivity contribution in [1.29, 1.82) is 0 Å². The van der Waals surface area contributed by atoms with Crippen LogP contribution < -0.4 is 0 Å². The van der Waals surface area contributed by atoms with Gasteiger partial charge in [-0.25, -0.2) is 4.52 Å². The third kappa shape index (κ3) is 3.47. The number of hydrogen-bond donors (Lipinski definition) is 0. The Morgan fingerprint density at radius 3 is 2.77 bits per heavy atom. The van der Waals surface area contributed by atoms with Gasteiger partial charge in [0.15, 0.2) is 0 Å². The van der Waals surface area contributed by atoms with Gasteiger partial charge in [-0.05, 0) is 24.6 Å². The van der Waals surface area contributed by atoms with E-state index < -0.39 is 0 Å². The van der Waals surface area contributed by atoms with Gasteiger partial charge < -0.3 is 4.90 Å². The summed E-state index contributed by atoms with van der Waals surface area (Å²) in [5.41, 5.74) is 2.22. The normalized spacial score (nSPS) is 16.3. The summed E-state index contributed by atoms with van der Waals surface area (Å²) in [4.78, 5) is 16.4. The summed E-state index contributed by atoms with van der Waals surface area (Å²) in [6, 6.07) is 8.23. The minimum atomic E-state index is 0.314. The number of pyridine rings is 1. The van der Waals surface area contributed by atoms with E-state index in [1.165, 1.54) is 0 Å². The first-order valence-corrected chi connectivity index (χ1v) is 8.19. The van der Waals surface area contributed by atoms with Crippen LogP contribution in [-0.4, -0.2) is 51.5 Å². The van der Waals surface area contributed by atoms with Crippen LogP contribution in [0.4, 0.5) is 0 Å². The molecule has 0 unspecified atom stereocenters. The average molecular weight is 300 g/mol. The standard InChI is InChI=1S/C17H24N4O/c1-2-3-7-17(22)20-11-9-19(10-12-20)14-15-13-16-6-4-5-8-21(16)18-15/h4-6,8,13H,2-3,7,9-12,14H2,1H3. The van der Waals surface area contributed by atoms with Gasteiger partial charge in [-0.3, -0.25) is 9.69 Å². The van der Waals surface area contributed by atoms with Gasteiger partial charge in [0.2, 0.25) is 5.91 Å². The van der Waals surface area contributed by atoms with Crippen LogP contribution in [0.1, 0.15) is 31.9 Å². The first-order chi connectivity index (χ1) is 10.8. The van der Waals surface area contributed by atoms with E-state index in [9.17, 15) is 4.79 Å². The summed E-state index contributed by atoms with van der Waals surface area (Å²) >= 11 is 0. The highest BCUT2D eigenvalue weighted by atomic mass is 16.2. The van der Waals surface area contributed by atoms with Crippen molar-refractivity contribution in [1.82, 2.24) is 19.4 Å². The summed E-state index contributed by atoms with van der Waals surface area (Å²) in [5.74, 6) is 0.314. The molecule has 2 aromatic rings. The third-order valence-corrected chi connectivity index (χ3v) is 4.28. The smallest absolute Gasteiger partial charge is 0.222 e. The summed E-state index contributed by atoms with van der Waals surface area (Å²) < 4.78 is 1.92. The predicted molar refractivity (Wildman–Crippen MR) is 86.6 cm³/mol. The number of unbranched alkanes of at least 4 members (excludes halogenated alkanes) is 1. The molecule has 1 amide bonds. The quantitative estimate of drug-likeness (QED) is 0.850. The molecule has 1 aliphatic heterocycles. The highest BCUT2D eigenvalue weighted by Gasteiger charge is 2.21. The molecular formula is C17H24N4O. The van der Waals surface area contributed by atoms with Crippen molar-refractivity contribution in [3.8, 4) is 0 Å². The number of nitrogens with zero attached hydrogens (tertiary/aromatic N) is 4. The Morgan fingerprint density at radius 1 is 1.23 bits per heavy atom. The van der Waals surface area contributed by atoms with Gasteiger partial charge in [0.1, 0.15) is 0 Å². The van der Waals surface area contributed by atoms with Gasteiger partial charge in [0.05, 0.1) is 11.2 Å². The van der Waals surface area contributed by atoms with Crippen molar-refractivity contribution < 1.29 is 4.79 Å². The molecule has 118 valence electrons. The molecule has 5 nitrogen and oxygen atoms in total. The van der Waals surface area contributed by atoms with E-state index >= 15 is 0 Å². The molecule has 3 rings (SSSR count). The number of hydrogen-bond acceptors (Lipinski definition) is 3. The van der Waals surface area contributed by atoms with E-state index in [1.807, 2.05) is 27.7 Å². The lowest BCUT2D eigenvalue weighted by atomic mass is 10.2. The SMILES string of the molecule is CCCCC(=O)N1CCN(Cc2cc3ccccn3n2)CC1. The van der Waals surface area contributed by atoms with Crippen molar-refractivity contribution in [2.45, 2.75) is 32.7 Å². The molecule has 5 heteroatoms. The molecule has 1 saturated heterocycles. The van der Waals surface area contributed by atoms with Crippen LogP contribution in [0.3, 0.4) is 0 Å².